The van der Waals surface area contributed by atoms with E-state index >= 15 is 0 Å². The molecule has 2 aromatic rings. The Labute approximate surface area is 132 Å². The van der Waals surface area contributed by atoms with Crippen LogP contribution < -0.4 is 4.89 Å². The molecular formula is C14H12BrNO4S. The number of thiol groups is 1. The molecule has 0 saturated carbocycles. The molecule has 1 N–H and O–H groups in total. The van der Waals surface area contributed by atoms with E-state index in [9.17, 15) is 13.2 Å². The topological polar surface area (TPSA) is 72.5 Å². The molecular weight excluding hydrogens is 358 g/mol. The van der Waals surface area contributed by atoms with Crippen molar-refractivity contribution in [3.63, 3.8) is 0 Å². The van der Waals surface area contributed by atoms with Crippen LogP contribution in [0.4, 0.5) is 0 Å². The average molecular weight is 370 g/mol. The van der Waals surface area contributed by atoms with Crippen molar-refractivity contribution in [1.82, 2.24) is 4.89 Å². The second-order valence-electron chi connectivity index (χ2n) is 4.13. The second-order valence-corrected chi connectivity index (χ2v) is 5.69. The summed E-state index contributed by atoms with van der Waals surface area (Å²) in [5.41, 5.74) is 1.40. The maximum atomic E-state index is 12.2. The van der Waals surface area contributed by atoms with Crippen molar-refractivity contribution in [2.24, 2.45) is 0 Å². The Kier molecular flexibility index (Phi) is 5.49. The lowest BCUT2D eigenvalue weighted by Crippen LogP contribution is -2.24. The molecule has 0 radical (unpaired) electrons. The van der Waals surface area contributed by atoms with Gasteiger partial charge in [-0.05, 0) is 22.1 Å². The Bertz CT molecular complexity index is 695. The molecule has 0 amide bonds. The van der Waals surface area contributed by atoms with Crippen LogP contribution in [0.3, 0.4) is 0 Å². The van der Waals surface area contributed by atoms with Crippen molar-refractivity contribution in [2.75, 3.05) is 0 Å². The lowest BCUT2D eigenvalue weighted by molar-refractivity contribution is -0.147. The van der Waals surface area contributed by atoms with Crippen LogP contribution in [0.25, 0.3) is 0 Å². The molecule has 0 spiro atoms. The zero-order valence-electron chi connectivity index (χ0n) is 10.7. The van der Waals surface area contributed by atoms with Gasteiger partial charge < -0.3 is 4.84 Å². The van der Waals surface area contributed by atoms with E-state index in [1.807, 2.05) is 12.1 Å². The Hall–Kier alpha value is -1.70. The summed E-state index contributed by atoms with van der Waals surface area (Å²) in [4.78, 5) is 18.5. The average Bonchev–Trinajstić information content (AvgIpc) is 2.48. The minimum atomic E-state index is -3.01. The highest BCUT2D eigenvalue weighted by Crippen LogP contribution is 2.31. The number of hydrogen-bond donors (Lipinski definition) is 2. The largest absolute Gasteiger partial charge is 0.355 e. The van der Waals surface area contributed by atoms with Crippen molar-refractivity contribution in [3.05, 3.63) is 70.2 Å². The van der Waals surface area contributed by atoms with Gasteiger partial charge in [0.2, 0.25) is 10.9 Å². The minimum Gasteiger partial charge on any atom is -0.355 e. The first-order chi connectivity index (χ1) is 10.1. The predicted octanol–water partition coefficient (Wildman–Crippen LogP) is 2.16. The normalized spacial score (nSPS) is 12.1. The summed E-state index contributed by atoms with van der Waals surface area (Å²) in [7, 11) is -3.01. The first kappa shape index (κ1) is 15.7. The molecule has 1 unspecified atom stereocenters. The van der Waals surface area contributed by atoms with Gasteiger partial charge in [-0.3, -0.25) is 0 Å². The van der Waals surface area contributed by atoms with Crippen LogP contribution in [0.2, 0.25) is 0 Å². The molecule has 0 aromatic heterocycles. The third-order valence-corrected chi connectivity index (χ3v) is 3.77. The van der Waals surface area contributed by atoms with E-state index < -0.39 is 22.8 Å². The monoisotopic (exact) mass is 369 g/mol. The molecule has 0 aliphatic carbocycles. The smallest absolute Gasteiger partial charge is 0.337 e. The van der Waals surface area contributed by atoms with Gasteiger partial charge in [-0.1, -0.05) is 64.5 Å². The molecule has 7 heteroatoms. The van der Waals surface area contributed by atoms with Gasteiger partial charge in [-0.2, -0.15) is 0 Å². The van der Waals surface area contributed by atoms with Gasteiger partial charge in [0.05, 0.1) is 0 Å². The van der Waals surface area contributed by atoms with Crippen molar-refractivity contribution >= 4 is 32.8 Å². The molecule has 1 atom stereocenters. The first-order valence-electron chi connectivity index (χ1n) is 5.99. The van der Waals surface area contributed by atoms with E-state index in [0.717, 1.165) is 4.47 Å². The fourth-order valence-electron chi connectivity index (χ4n) is 1.94. The maximum absolute atomic E-state index is 12.2. The molecule has 0 aliphatic rings. The molecule has 0 bridgehead atoms. The molecule has 0 saturated heterocycles. The minimum absolute atomic E-state index is 0.691. The molecule has 2 aromatic carbocycles. The number of benzene rings is 2. The van der Waals surface area contributed by atoms with Crippen LogP contribution in [0.15, 0.2) is 59.1 Å². The van der Waals surface area contributed by atoms with Crippen LogP contribution in [-0.4, -0.2) is 14.4 Å². The number of carbonyl (C=O) groups excluding carboxylic acids is 1. The molecule has 5 nitrogen and oxygen atoms in total. The molecule has 0 fully saturated rings. The molecule has 0 heterocycles. The number of rotatable bonds is 5. The Balaban J connectivity index is 2.40. The third kappa shape index (κ3) is 4.13. The number of carbonyl (C=O) groups is 1. The summed E-state index contributed by atoms with van der Waals surface area (Å²) in [6, 6.07) is 16.2. The highest BCUT2D eigenvalue weighted by molar-refractivity contribution is 9.10. The molecule has 21 heavy (non-hydrogen) atoms. The van der Waals surface area contributed by atoms with Crippen molar-refractivity contribution in [3.8, 4) is 0 Å². The van der Waals surface area contributed by atoms with Crippen LogP contribution in [0.1, 0.15) is 17.0 Å². The van der Waals surface area contributed by atoms with Gasteiger partial charge >= 0.3 is 5.97 Å². The summed E-state index contributed by atoms with van der Waals surface area (Å²) in [6.45, 7) is 0. The van der Waals surface area contributed by atoms with Gasteiger partial charge in [0.1, 0.15) is 5.92 Å². The summed E-state index contributed by atoms with van der Waals surface area (Å²) in [5, 5.41) is 0. The van der Waals surface area contributed by atoms with Crippen LogP contribution in [0, 0.1) is 0 Å². The lowest BCUT2D eigenvalue weighted by Gasteiger charge is -2.17. The maximum Gasteiger partial charge on any atom is 0.337 e. The number of nitrogens with one attached hydrogen (secondary N) is 1. The van der Waals surface area contributed by atoms with Gasteiger partial charge in [-0.25, -0.2) is 13.2 Å². The summed E-state index contributed by atoms with van der Waals surface area (Å²) < 4.78 is 21.7. The van der Waals surface area contributed by atoms with E-state index in [1.165, 1.54) is 0 Å². The molecule has 2 rings (SSSR count). The van der Waals surface area contributed by atoms with Crippen molar-refractivity contribution in [1.29, 1.82) is 0 Å². The van der Waals surface area contributed by atoms with E-state index in [-0.39, 0.29) is 0 Å². The number of hydrogen-bond acceptors (Lipinski definition) is 4. The first-order valence-corrected chi connectivity index (χ1v) is 7.96. The quantitative estimate of drug-likeness (QED) is 0.625. The summed E-state index contributed by atoms with van der Waals surface area (Å²) >= 11 is 3.39. The van der Waals surface area contributed by atoms with E-state index in [2.05, 4.69) is 20.8 Å². The van der Waals surface area contributed by atoms with Gasteiger partial charge in [0, 0.05) is 4.47 Å². The Morgan fingerprint density at radius 1 is 1.05 bits per heavy atom. The van der Waals surface area contributed by atoms with Crippen LogP contribution in [0.5, 0.6) is 0 Å². The number of halogens is 1. The fourth-order valence-corrected chi connectivity index (χ4v) is 2.62. The van der Waals surface area contributed by atoms with Gasteiger partial charge in [0.25, 0.3) is 0 Å². The predicted molar refractivity (Wildman–Crippen MR) is 82.0 cm³/mol. The SMILES string of the molecule is O=C(ON[SH](=O)=O)C(c1ccccc1)c1ccccc1Br. The fraction of sp³-hybridized carbons (Fsp3) is 0.0714. The molecule has 0 aliphatic heterocycles. The second kappa shape index (κ2) is 7.35. The Morgan fingerprint density at radius 2 is 1.67 bits per heavy atom. The summed E-state index contributed by atoms with van der Waals surface area (Å²) in [5.74, 6) is -1.43. The standard InChI is InChI=1S/C14H12BrNO4S/c15-12-9-5-4-8-11(12)13(10-6-2-1-3-7-10)14(17)20-16-21(18)19/h1-9,13,21H,(H,16,18,19). The van der Waals surface area contributed by atoms with Gasteiger partial charge in [0.15, 0.2) is 0 Å². The third-order valence-electron chi connectivity index (χ3n) is 2.81. The van der Waals surface area contributed by atoms with E-state index in [0.29, 0.717) is 11.1 Å². The highest BCUT2D eigenvalue weighted by Gasteiger charge is 2.26. The van der Waals surface area contributed by atoms with E-state index in [4.69, 9.17) is 0 Å². The van der Waals surface area contributed by atoms with Gasteiger partial charge in [-0.15, -0.1) is 0 Å². The highest BCUT2D eigenvalue weighted by atomic mass is 79.9. The van der Waals surface area contributed by atoms with E-state index in [1.54, 1.807) is 47.3 Å². The molecule has 110 valence electrons. The van der Waals surface area contributed by atoms with Crippen molar-refractivity contribution < 1.29 is 18.0 Å². The van der Waals surface area contributed by atoms with Crippen molar-refractivity contribution in [2.45, 2.75) is 5.92 Å². The lowest BCUT2D eigenvalue weighted by atomic mass is 9.91. The zero-order valence-corrected chi connectivity index (χ0v) is 13.2. The van der Waals surface area contributed by atoms with Crippen LogP contribution >= 0.6 is 15.9 Å². The van der Waals surface area contributed by atoms with Crippen LogP contribution in [-0.2, 0) is 20.5 Å². The zero-order chi connectivity index (χ0) is 15.2. The summed E-state index contributed by atoms with van der Waals surface area (Å²) in [6.07, 6.45) is 0. The Morgan fingerprint density at radius 3 is 2.29 bits per heavy atom.